The largest absolute Gasteiger partial charge is 0.501 e. The molecule has 1 heterocycles. The lowest BCUT2D eigenvalue weighted by Crippen LogP contribution is -2.23. The Kier molecular flexibility index (Phi) is 5.57. The van der Waals surface area contributed by atoms with E-state index in [4.69, 9.17) is 0 Å². The number of sulfone groups is 1. The van der Waals surface area contributed by atoms with Gasteiger partial charge in [0.2, 0.25) is 0 Å². The fourth-order valence-corrected chi connectivity index (χ4v) is 4.01. The summed E-state index contributed by atoms with van der Waals surface area (Å²) in [5, 5.41) is -0.714. The maximum Gasteiger partial charge on any atom is 0.501 e. The van der Waals surface area contributed by atoms with Crippen LogP contribution in [0.4, 0.5) is 26.3 Å². The molecule has 1 aromatic heterocycles. The summed E-state index contributed by atoms with van der Waals surface area (Å²) in [5.41, 5.74) is -8.04. The van der Waals surface area contributed by atoms with Crippen LogP contribution in [0.2, 0.25) is 0 Å². The molecule has 0 radical (unpaired) electrons. The maximum atomic E-state index is 13.1. The van der Waals surface area contributed by atoms with Crippen LogP contribution in [0.3, 0.4) is 0 Å². The molecule has 0 N–H and O–H groups in total. The zero-order valence-corrected chi connectivity index (χ0v) is 14.8. The van der Waals surface area contributed by atoms with E-state index in [2.05, 4.69) is 9.72 Å². The third-order valence-electron chi connectivity index (χ3n) is 3.07. The predicted molar refractivity (Wildman–Crippen MR) is 81.7 cm³/mol. The third-order valence-corrected chi connectivity index (χ3v) is 5.68. The lowest BCUT2D eigenvalue weighted by molar-refractivity contribution is -0.141. The number of rotatable bonds is 4. The summed E-state index contributed by atoms with van der Waals surface area (Å²) in [4.78, 5) is 12.7. The molecule has 0 amide bonds. The highest BCUT2D eigenvalue weighted by Crippen LogP contribution is 2.41. The lowest BCUT2D eigenvalue weighted by Gasteiger charge is -2.11. The Labute approximate surface area is 152 Å². The topological polar surface area (TPSA) is 73.3 Å². The first-order valence-corrected chi connectivity index (χ1v) is 9.26. The zero-order chi connectivity index (χ0) is 20.6. The van der Waals surface area contributed by atoms with Gasteiger partial charge in [-0.25, -0.2) is 18.2 Å². The molecule has 2 aromatic rings. The molecule has 0 saturated heterocycles. The first kappa shape index (κ1) is 21.2. The van der Waals surface area contributed by atoms with E-state index in [0.717, 1.165) is 18.2 Å². The number of aromatic nitrogens is 1. The normalized spacial score (nSPS) is 12.9. The van der Waals surface area contributed by atoms with E-state index in [-0.39, 0.29) is 17.9 Å². The average Bonchev–Trinajstić information content (AvgIpc) is 2.99. The molecule has 0 saturated carbocycles. The quantitative estimate of drug-likeness (QED) is 0.531. The summed E-state index contributed by atoms with van der Waals surface area (Å²) in [6, 6.07) is 3.57. The van der Waals surface area contributed by atoms with Gasteiger partial charge in [-0.15, -0.1) is 11.3 Å². The Hall–Kier alpha value is -2.15. The molecule has 27 heavy (non-hydrogen) atoms. The number of thiazole rings is 1. The second kappa shape index (κ2) is 7.11. The SMILES string of the molecule is CCOC(=O)c1sc(-c2ccccc2S(=O)(=O)C(F)(F)F)nc1C(F)(F)F. The molecule has 2 rings (SSSR count). The summed E-state index contributed by atoms with van der Waals surface area (Å²) in [6.07, 6.45) is -5.10. The van der Waals surface area contributed by atoms with Crippen LogP contribution in [-0.2, 0) is 20.8 Å². The van der Waals surface area contributed by atoms with Crippen molar-refractivity contribution < 1.29 is 44.3 Å². The summed E-state index contributed by atoms with van der Waals surface area (Å²) < 4.78 is 106. The fourth-order valence-electron chi connectivity index (χ4n) is 1.96. The molecule has 0 aliphatic carbocycles. The number of halogens is 6. The highest BCUT2D eigenvalue weighted by atomic mass is 32.2. The zero-order valence-electron chi connectivity index (χ0n) is 13.2. The van der Waals surface area contributed by atoms with E-state index in [9.17, 15) is 39.6 Å². The molecule has 13 heteroatoms. The van der Waals surface area contributed by atoms with Gasteiger partial charge in [-0.2, -0.15) is 26.3 Å². The van der Waals surface area contributed by atoms with Crippen LogP contribution in [0.1, 0.15) is 22.3 Å². The Morgan fingerprint density at radius 3 is 2.26 bits per heavy atom. The van der Waals surface area contributed by atoms with Crippen molar-refractivity contribution in [1.82, 2.24) is 4.98 Å². The molecule has 0 aliphatic heterocycles. The lowest BCUT2D eigenvalue weighted by atomic mass is 10.2. The number of esters is 1. The summed E-state index contributed by atoms with van der Waals surface area (Å²) in [5.74, 6) is -1.37. The van der Waals surface area contributed by atoms with Crippen LogP contribution >= 0.6 is 11.3 Å². The Bertz CT molecular complexity index is 963. The van der Waals surface area contributed by atoms with E-state index in [1.165, 1.54) is 6.92 Å². The number of carbonyl (C=O) groups excluding carboxylic acids is 1. The smallest absolute Gasteiger partial charge is 0.462 e. The van der Waals surface area contributed by atoms with Gasteiger partial charge in [0.25, 0.3) is 9.84 Å². The van der Waals surface area contributed by atoms with E-state index in [1.54, 1.807) is 0 Å². The van der Waals surface area contributed by atoms with Crippen molar-refractivity contribution in [3.05, 3.63) is 34.8 Å². The van der Waals surface area contributed by atoms with Gasteiger partial charge in [0, 0.05) is 5.56 Å². The number of benzene rings is 1. The van der Waals surface area contributed by atoms with E-state index in [1.807, 2.05) is 0 Å². The molecule has 0 bridgehead atoms. The third kappa shape index (κ3) is 4.08. The molecule has 0 fully saturated rings. The van der Waals surface area contributed by atoms with E-state index in [0.29, 0.717) is 6.07 Å². The predicted octanol–water partition coefficient (Wildman–Crippen LogP) is 4.30. The Balaban J connectivity index is 2.73. The molecular weight excluding hydrogens is 424 g/mol. The molecule has 0 aliphatic rings. The number of hydrogen-bond donors (Lipinski definition) is 0. The molecular formula is C14H9F6NO4S2. The van der Waals surface area contributed by atoms with Crippen LogP contribution in [0.25, 0.3) is 10.6 Å². The number of carbonyl (C=O) groups is 1. The van der Waals surface area contributed by atoms with Crippen molar-refractivity contribution in [3.63, 3.8) is 0 Å². The van der Waals surface area contributed by atoms with Gasteiger partial charge in [-0.3, -0.25) is 0 Å². The van der Waals surface area contributed by atoms with Crippen LogP contribution in [0, 0.1) is 0 Å². The van der Waals surface area contributed by atoms with Crippen molar-refractivity contribution >= 4 is 27.1 Å². The minimum Gasteiger partial charge on any atom is -0.462 e. The molecule has 1 aromatic carbocycles. The van der Waals surface area contributed by atoms with Gasteiger partial charge in [-0.1, -0.05) is 18.2 Å². The highest BCUT2D eigenvalue weighted by molar-refractivity contribution is 7.92. The first-order valence-electron chi connectivity index (χ1n) is 6.96. The average molecular weight is 433 g/mol. The van der Waals surface area contributed by atoms with Crippen LogP contribution in [0.5, 0.6) is 0 Å². The summed E-state index contributed by atoms with van der Waals surface area (Å²) in [7, 11) is -5.86. The Morgan fingerprint density at radius 1 is 1.15 bits per heavy atom. The van der Waals surface area contributed by atoms with Gasteiger partial charge >= 0.3 is 17.7 Å². The highest BCUT2D eigenvalue weighted by Gasteiger charge is 2.48. The van der Waals surface area contributed by atoms with Gasteiger partial charge in [-0.05, 0) is 13.0 Å². The molecule has 0 spiro atoms. The van der Waals surface area contributed by atoms with Gasteiger partial charge in [0.1, 0.15) is 9.88 Å². The fraction of sp³-hybridized carbons (Fsp3) is 0.286. The van der Waals surface area contributed by atoms with Crippen LogP contribution in [-0.4, -0.2) is 31.5 Å². The number of hydrogen-bond acceptors (Lipinski definition) is 6. The summed E-state index contributed by atoms with van der Waals surface area (Å²) >= 11 is 0.0910. The van der Waals surface area contributed by atoms with Gasteiger partial charge in [0.05, 0.1) is 11.5 Å². The van der Waals surface area contributed by atoms with Gasteiger partial charge < -0.3 is 4.74 Å². The number of alkyl halides is 6. The molecule has 0 atom stereocenters. The minimum absolute atomic E-state index is 0.0910. The van der Waals surface area contributed by atoms with Crippen LogP contribution in [0.15, 0.2) is 29.2 Å². The number of ether oxygens (including phenoxy) is 1. The second-order valence-corrected chi connectivity index (χ2v) is 7.77. The van der Waals surface area contributed by atoms with E-state index >= 15 is 0 Å². The summed E-state index contributed by atoms with van der Waals surface area (Å²) in [6.45, 7) is 1.10. The van der Waals surface area contributed by atoms with Crippen molar-refractivity contribution in [3.8, 4) is 10.6 Å². The first-order chi connectivity index (χ1) is 12.3. The van der Waals surface area contributed by atoms with Crippen LogP contribution < -0.4 is 0 Å². The number of nitrogens with zero attached hydrogens (tertiary/aromatic N) is 1. The minimum atomic E-state index is -5.86. The van der Waals surface area contributed by atoms with Crippen molar-refractivity contribution in [2.75, 3.05) is 6.61 Å². The monoisotopic (exact) mass is 433 g/mol. The van der Waals surface area contributed by atoms with Crippen molar-refractivity contribution in [2.24, 2.45) is 0 Å². The standard InChI is InChI=1S/C14H9F6NO4S2/c1-2-25-12(22)9-10(13(15,16)17)21-11(26-9)7-5-3-4-6-8(7)27(23,24)14(18,19)20/h3-6H,2H2,1H3. The molecule has 148 valence electrons. The Morgan fingerprint density at radius 2 is 1.74 bits per heavy atom. The van der Waals surface area contributed by atoms with Crippen molar-refractivity contribution in [1.29, 1.82) is 0 Å². The second-order valence-electron chi connectivity index (χ2n) is 4.86. The van der Waals surface area contributed by atoms with E-state index < -0.39 is 53.5 Å². The van der Waals surface area contributed by atoms with Gasteiger partial charge in [0.15, 0.2) is 5.69 Å². The molecule has 5 nitrogen and oxygen atoms in total. The molecule has 0 unspecified atom stereocenters. The maximum absolute atomic E-state index is 13.1. The van der Waals surface area contributed by atoms with Crippen molar-refractivity contribution in [2.45, 2.75) is 23.5 Å².